The summed E-state index contributed by atoms with van der Waals surface area (Å²) in [6, 6.07) is 5.81. The zero-order valence-corrected chi connectivity index (χ0v) is 10.9. The molecule has 1 N–H and O–H groups in total. The molecular weight excluding hydrogens is 242 g/mol. The molecule has 6 nitrogen and oxygen atoms in total. The fraction of sp³-hybridized carbons (Fsp3) is 0.462. The van der Waals surface area contributed by atoms with Gasteiger partial charge in [0, 0.05) is 32.4 Å². The van der Waals surface area contributed by atoms with Crippen molar-refractivity contribution >= 4 is 0 Å². The molecule has 1 aliphatic heterocycles. The largest absolute Gasteiger partial charge is 0.337 e. The number of hydrogen-bond donors (Lipinski definition) is 1. The van der Waals surface area contributed by atoms with Crippen LogP contribution in [0, 0.1) is 0 Å². The molecule has 6 heteroatoms. The molecule has 2 aromatic heterocycles. The molecule has 2 aromatic rings. The van der Waals surface area contributed by atoms with Crippen LogP contribution in [0.15, 0.2) is 28.9 Å². The van der Waals surface area contributed by atoms with Crippen LogP contribution in [-0.4, -0.2) is 46.2 Å². The molecule has 3 rings (SSSR count). The van der Waals surface area contributed by atoms with Crippen molar-refractivity contribution < 1.29 is 4.52 Å². The maximum Gasteiger partial charge on any atom is 0.244 e. The summed E-state index contributed by atoms with van der Waals surface area (Å²) in [4.78, 5) is 11.0. The van der Waals surface area contributed by atoms with E-state index in [9.17, 15) is 0 Å². The van der Waals surface area contributed by atoms with E-state index in [2.05, 4.69) is 32.3 Å². The molecule has 1 fully saturated rings. The van der Waals surface area contributed by atoms with Gasteiger partial charge in [-0.3, -0.25) is 9.88 Å². The van der Waals surface area contributed by atoms with Crippen molar-refractivity contribution in [3.63, 3.8) is 0 Å². The second-order valence-electron chi connectivity index (χ2n) is 4.63. The summed E-state index contributed by atoms with van der Waals surface area (Å²) in [6.07, 6.45) is 1.73. The first-order valence-corrected chi connectivity index (χ1v) is 6.54. The normalized spacial score (nSPS) is 18.4. The average Bonchev–Trinajstić information content (AvgIpc) is 2.98. The Morgan fingerprint density at radius 2 is 2.16 bits per heavy atom. The second-order valence-corrected chi connectivity index (χ2v) is 4.63. The van der Waals surface area contributed by atoms with Gasteiger partial charge in [0.2, 0.25) is 11.7 Å². The molecule has 0 spiro atoms. The van der Waals surface area contributed by atoms with Crippen molar-refractivity contribution in [3.8, 4) is 11.5 Å². The third-order valence-electron chi connectivity index (χ3n) is 3.39. The van der Waals surface area contributed by atoms with Gasteiger partial charge >= 0.3 is 0 Å². The molecule has 0 radical (unpaired) electrons. The highest BCUT2D eigenvalue weighted by Crippen LogP contribution is 2.21. The minimum Gasteiger partial charge on any atom is -0.337 e. The highest BCUT2D eigenvalue weighted by Gasteiger charge is 2.23. The number of piperazine rings is 1. The Hall–Kier alpha value is -1.79. The molecule has 0 bridgehead atoms. The van der Waals surface area contributed by atoms with Gasteiger partial charge in [0.05, 0.1) is 6.04 Å². The Labute approximate surface area is 111 Å². The molecule has 1 saturated heterocycles. The van der Waals surface area contributed by atoms with Crippen molar-refractivity contribution in [3.05, 3.63) is 30.3 Å². The minimum atomic E-state index is 0.145. The lowest BCUT2D eigenvalue weighted by Crippen LogP contribution is -2.44. The zero-order chi connectivity index (χ0) is 13.1. The van der Waals surface area contributed by atoms with E-state index in [4.69, 9.17) is 4.52 Å². The van der Waals surface area contributed by atoms with E-state index in [1.54, 1.807) is 6.20 Å². The fourth-order valence-corrected chi connectivity index (χ4v) is 2.23. The number of hydrogen-bond acceptors (Lipinski definition) is 6. The number of pyridine rings is 1. The standard InChI is InChI=1S/C13H17N5O/c1-10(18-8-6-14-7-9-18)13-16-12(17-19-13)11-4-2-3-5-15-11/h2-5,10,14H,6-9H2,1H3. The van der Waals surface area contributed by atoms with Crippen LogP contribution < -0.4 is 5.32 Å². The maximum atomic E-state index is 5.37. The van der Waals surface area contributed by atoms with Crippen LogP contribution in [0.25, 0.3) is 11.5 Å². The highest BCUT2D eigenvalue weighted by atomic mass is 16.5. The summed E-state index contributed by atoms with van der Waals surface area (Å²) < 4.78 is 5.37. The molecular formula is C13H17N5O. The Morgan fingerprint density at radius 1 is 1.32 bits per heavy atom. The quantitative estimate of drug-likeness (QED) is 0.890. The first-order valence-electron chi connectivity index (χ1n) is 6.54. The van der Waals surface area contributed by atoms with Crippen molar-refractivity contribution in [2.75, 3.05) is 26.2 Å². The van der Waals surface area contributed by atoms with Crippen molar-refractivity contribution in [1.29, 1.82) is 0 Å². The predicted octanol–water partition coefficient (Wildman–Crippen LogP) is 1.10. The topological polar surface area (TPSA) is 67.1 Å². The molecule has 0 amide bonds. The third-order valence-corrected chi connectivity index (χ3v) is 3.39. The van der Waals surface area contributed by atoms with Crippen LogP contribution in [0.1, 0.15) is 18.9 Å². The highest BCUT2D eigenvalue weighted by molar-refractivity contribution is 5.47. The van der Waals surface area contributed by atoms with Gasteiger partial charge in [0.15, 0.2) is 0 Å². The van der Waals surface area contributed by atoms with Crippen molar-refractivity contribution in [1.82, 2.24) is 25.3 Å². The minimum absolute atomic E-state index is 0.145. The molecule has 1 unspecified atom stereocenters. The molecule has 19 heavy (non-hydrogen) atoms. The lowest BCUT2D eigenvalue weighted by atomic mass is 10.2. The summed E-state index contributed by atoms with van der Waals surface area (Å²) in [6.45, 7) is 6.11. The van der Waals surface area contributed by atoms with Crippen LogP contribution in [0.2, 0.25) is 0 Å². The van der Waals surface area contributed by atoms with Gasteiger partial charge in [-0.05, 0) is 19.1 Å². The summed E-state index contributed by atoms with van der Waals surface area (Å²) in [5.74, 6) is 1.21. The van der Waals surface area contributed by atoms with Gasteiger partial charge in [-0.2, -0.15) is 4.98 Å². The summed E-state index contributed by atoms with van der Waals surface area (Å²) in [5, 5.41) is 7.35. The first-order chi connectivity index (χ1) is 9.34. The van der Waals surface area contributed by atoms with Crippen LogP contribution >= 0.6 is 0 Å². The SMILES string of the molecule is CC(c1nc(-c2ccccn2)no1)N1CCNCC1. The Balaban J connectivity index is 1.77. The molecule has 0 aromatic carbocycles. The summed E-state index contributed by atoms with van der Waals surface area (Å²) in [7, 11) is 0. The Kier molecular flexibility index (Phi) is 3.52. The fourth-order valence-electron chi connectivity index (χ4n) is 2.23. The molecule has 1 atom stereocenters. The number of nitrogens with zero attached hydrogens (tertiary/aromatic N) is 4. The van der Waals surface area contributed by atoms with E-state index in [1.165, 1.54) is 0 Å². The number of nitrogens with one attached hydrogen (secondary N) is 1. The van der Waals surface area contributed by atoms with Crippen LogP contribution in [-0.2, 0) is 0 Å². The maximum absolute atomic E-state index is 5.37. The van der Waals surface area contributed by atoms with Gasteiger partial charge in [-0.25, -0.2) is 0 Å². The van der Waals surface area contributed by atoms with E-state index >= 15 is 0 Å². The summed E-state index contributed by atoms with van der Waals surface area (Å²) in [5.41, 5.74) is 0.741. The van der Waals surface area contributed by atoms with Crippen LogP contribution in [0.3, 0.4) is 0 Å². The van der Waals surface area contributed by atoms with Gasteiger partial charge < -0.3 is 9.84 Å². The van der Waals surface area contributed by atoms with E-state index in [0.29, 0.717) is 11.7 Å². The summed E-state index contributed by atoms with van der Waals surface area (Å²) >= 11 is 0. The van der Waals surface area contributed by atoms with Gasteiger partial charge in [0.25, 0.3) is 0 Å². The van der Waals surface area contributed by atoms with E-state index in [-0.39, 0.29) is 6.04 Å². The van der Waals surface area contributed by atoms with Crippen LogP contribution in [0.5, 0.6) is 0 Å². The molecule has 0 aliphatic carbocycles. The van der Waals surface area contributed by atoms with Crippen molar-refractivity contribution in [2.24, 2.45) is 0 Å². The zero-order valence-electron chi connectivity index (χ0n) is 10.9. The monoisotopic (exact) mass is 259 g/mol. The third kappa shape index (κ3) is 2.64. The molecule has 0 saturated carbocycles. The van der Waals surface area contributed by atoms with E-state index in [0.717, 1.165) is 31.9 Å². The Morgan fingerprint density at radius 3 is 2.89 bits per heavy atom. The number of rotatable bonds is 3. The second kappa shape index (κ2) is 5.46. The lowest BCUT2D eigenvalue weighted by Gasteiger charge is -2.30. The molecule has 3 heterocycles. The van der Waals surface area contributed by atoms with E-state index in [1.807, 2.05) is 18.2 Å². The smallest absolute Gasteiger partial charge is 0.244 e. The van der Waals surface area contributed by atoms with Gasteiger partial charge in [-0.15, -0.1) is 0 Å². The molecule has 100 valence electrons. The van der Waals surface area contributed by atoms with Gasteiger partial charge in [-0.1, -0.05) is 11.2 Å². The van der Waals surface area contributed by atoms with Crippen molar-refractivity contribution in [2.45, 2.75) is 13.0 Å². The lowest BCUT2D eigenvalue weighted by molar-refractivity contribution is 0.154. The average molecular weight is 259 g/mol. The predicted molar refractivity (Wildman–Crippen MR) is 70.4 cm³/mol. The number of aromatic nitrogens is 3. The Bertz CT molecular complexity index is 521. The molecule has 1 aliphatic rings. The van der Waals surface area contributed by atoms with E-state index < -0.39 is 0 Å². The van der Waals surface area contributed by atoms with Crippen LogP contribution in [0.4, 0.5) is 0 Å². The van der Waals surface area contributed by atoms with Gasteiger partial charge in [0.1, 0.15) is 5.69 Å². The first kappa shape index (κ1) is 12.3.